The number of aryl methyl sites for hydroxylation is 1. The lowest BCUT2D eigenvalue weighted by atomic mass is 10.1. The highest BCUT2D eigenvalue weighted by Crippen LogP contribution is 2.27. The number of benzene rings is 2. The lowest BCUT2D eigenvalue weighted by Gasteiger charge is -2.26. The van der Waals surface area contributed by atoms with Crippen LogP contribution in [0.15, 0.2) is 42.5 Å². The Balaban J connectivity index is 2.26. The SMILES string of the molecule is Cc1cc(C(=O)N(C)C(C)c2ccccc2Cl)ccc1O. The minimum Gasteiger partial charge on any atom is -0.508 e. The summed E-state index contributed by atoms with van der Waals surface area (Å²) >= 11 is 6.19. The molecule has 0 bridgehead atoms. The fraction of sp³-hybridized carbons (Fsp3) is 0.235. The van der Waals surface area contributed by atoms with Gasteiger partial charge in [0.2, 0.25) is 0 Å². The van der Waals surface area contributed by atoms with Gasteiger partial charge in [0.05, 0.1) is 6.04 Å². The van der Waals surface area contributed by atoms with Crippen LogP contribution in [0, 0.1) is 6.92 Å². The predicted molar refractivity (Wildman–Crippen MR) is 84.8 cm³/mol. The average Bonchev–Trinajstić information content (AvgIpc) is 2.48. The van der Waals surface area contributed by atoms with Crippen LogP contribution in [-0.2, 0) is 0 Å². The summed E-state index contributed by atoms with van der Waals surface area (Å²) in [5.74, 6) is 0.0823. The minimum absolute atomic E-state index is 0.106. The number of phenols is 1. The molecule has 110 valence electrons. The van der Waals surface area contributed by atoms with Gasteiger partial charge < -0.3 is 10.0 Å². The molecule has 21 heavy (non-hydrogen) atoms. The lowest BCUT2D eigenvalue weighted by molar-refractivity contribution is 0.0742. The van der Waals surface area contributed by atoms with Crippen molar-refractivity contribution in [3.8, 4) is 5.75 Å². The highest BCUT2D eigenvalue weighted by molar-refractivity contribution is 6.31. The zero-order chi connectivity index (χ0) is 15.6. The minimum atomic E-state index is -0.139. The molecule has 0 saturated carbocycles. The van der Waals surface area contributed by atoms with Gasteiger partial charge in [-0.2, -0.15) is 0 Å². The van der Waals surface area contributed by atoms with Crippen LogP contribution in [0.2, 0.25) is 5.02 Å². The molecule has 2 rings (SSSR count). The third-order valence-corrected chi connectivity index (χ3v) is 4.04. The third kappa shape index (κ3) is 3.19. The molecule has 0 aliphatic carbocycles. The number of carbonyl (C=O) groups is 1. The van der Waals surface area contributed by atoms with Gasteiger partial charge in [-0.15, -0.1) is 0 Å². The Morgan fingerprint density at radius 1 is 1.24 bits per heavy atom. The summed E-state index contributed by atoms with van der Waals surface area (Å²) < 4.78 is 0. The molecule has 4 heteroatoms. The fourth-order valence-electron chi connectivity index (χ4n) is 2.19. The van der Waals surface area contributed by atoms with Crippen molar-refractivity contribution in [3.63, 3.8) is 0 Å². The second-order valence-electron chi connectivity index (χ2n) is 5.11. The molecule has 1 unspecified atom stereocenters. The quantitative estimate of drug-likeness (QED) is 0.923. The molecule has 0 radical (unpaired) electrons. The van der Waals surface area contributed by atoms with Gasteiger partial charge in [-0.25, -0.2) is 0 Å². The first-order valence-electron chi connectivity index (χ1n) is 6.73. The van der Waals surface area contributed by atoms with Crippen molar-refractivity contribution < 1.29 is 9.90 Å². The number of phenolic OH excluding ortho intramolecular Hbond substituents is 1. The molecule has 0 heterocycles. The topological polar surface area (TPSA) is 40.5 Å². The first-order valence-corrected chi connectivity index (χ1v) is 7.11. The van der Waals surface area contributed by atoms with Gasteiger partial charge in [0.25, 0.3) is 5.91 Å². The van der Waals surface area contributed by atoms with E-state index in [1.807, 2.05) is 31.2 Å². The number of nitrogens with zero attached hydrogens (tertiary/aromatic N) is 1. The number of hydrogen-bond donors (Lipinski definition) is 1. The normalized spacial score (nSPS) is 12.0. The Kier molecular flexibility index (Phi) is 4.53. The Hall–Kier alpha value is -2.00. The molecular formula is C17H18ClNO2. The van der Waals surface area contributed by atoms with E-state index in [0.717, 1.165) is 5.56 Å². The Bertz CT molecular complexity index is 670. The summed E-state index contributed by atoms with van der Waals surface area (Å²) in [7, 11) is 1.75. The van der Waals surface area contributed by atoms with Gasteiger partial charge >= 0.3 is 0 Å². The van der Waals surface area contributed by atoms with Crippen molar-refractivity contribution in [1.82, 2.24) is 4.90 Å². The number of halogens is 1. The monoisotopic (exact) mass is 303 g/mol. The van der Waals surface area contributed by atoms with E-state index >= 15 is 0 Å². The molecule has 2 aromatic rings. The van der Waals surface area contributed by atoms with Crippen molar-refractivity contribution in [1.29, 1.82) is 0 Å². The first kappa shape index (κ1) is 15.4. The molecule has 3 nitrogen and oxygen atoms in total. The van der Waals surface area contributed by atoms with Gasteiger partial charge in [0.15, 0.2) is 0 Å². The average molecular weight is 304 g/mol. The van der Waals surface area contributed by atoms with Crippen molar-refractivity contribution >= 4 is 17.5 Å². The second-order valence-corrected chi connectivity index (χ2v) is 5.52. The molecule has 0 saturated heterocycles. The molecule has 0 spiro atoms. The summed E-state index contributed by atoms with van der Waals surface area (Å²) in [6.45, 7) is 3.70. The van der Waals surface area contributed by atoms with E-state index in [-0.39, 0.29) is 17.7 Å². The third-order valence-electron chi connectivity index (χ3n) is 3.70. The van der Waals surface area contributed by atoms with Gasteiger partial charge in [-0.1, -0.05) is 29.8 Å². The molecule has 0 aromatic heterocycles. The Labute approximate surface area is 129 Å². The largest absolute Gasteiger partial charge is 0.508 e. The first-order chi connectivity index (χ1) is 9.91. The molecule has 0 fully saturated rings. The summed E-state index contributed by atoms with van der Waals surface area (Å²) in [5.41, 5.74) is 2.14. The van der Waals surface area contributed by atoms with E-state index in [2.05, 4.69) is 0 Å². The fourth-order valence-corrected chi connectivity index (χ4v) is 2.48. The van der Waals surface area contributed by atoms with Crippen LogP contribution >= 0.6 is 11.6 Å². The number of aromatic hydroxyl groups is 1. The van der Waals surface area contributed by atoms with Crippen LogP contribution in [-0.4, -0.2) is 23.0 Å². The van der Waals surface area contributed by atoms with Crippen molar-refractivity contribution in [2.75, 3.05) is 7.05 Å². The van der Waals surface area contributed by atoms with E-state index in [1.54, 1.807) is 31.0 Å². The van der Waals surface area contributed by atoms with Crippen LogP contribution in [0.1, 0.15) is 34.5 Å². The van der Waals surface area contributed by atoms with Crippen molar-refractivity contribution in [2.24, 2.45) is 0 Å². The second kappa shape index (κ2) is 6.19. The summed E-state index contributed by atoms with van der Waals surface area (Å²) in [6.07, 6.45) is 0. The molecule has 1 N–H and O–H groups in total. The maximum absolute atomic E-state index is 12.5. The van der Waals surface area contributed by atoms with E-state index in [9.17, 15) is 9.90 Å². The standard InChI is InChI=1S/C17H18ClNO2/c1-11-10-13(8-9-16(11)20)17(21)19(3)12(2)14-6-4-5-7-15(14)18/h4-10,12,20H,1-3H3. The van der Waals surface area contributed by atoms with Crippen molar-refractivity contribution in [3.05, 3.63) is 64.2 Å². The summed E-state index contributed by atoms with van der Waals surface area (Å²) in [5, 5.41) is 10.2. The number of hydrogen-bond acceptors (Lipinski definition) is 2. The highest BCUT2D eigenvalue weighted by atomic mass is 35.5. The predicted octanol–water partition coefficient (Wildman–Crippen LogP) is 4.19. The highest BCUT2D eigenvalue weighted by Gasteiger charge is 2.20. The van der Waals surface area contributed by atoms with Gasteiger partial charge in [-0.3, -0.25) is 4.79 Å². The van der Waals surface area contributed by atoms with Crippen molar-refractivity contribution in [2.45, 2.75) is 19.9 Å². The molecule has 1 atom stereocenters. The van der Waals surface area contributed by atoms with E-state index in [0.29, 0.717) is 16.1 Å². The maximum Gasteiger partial charge on any atom is 0.254 e. The molecule has 0 aliphatic heterocycles. The maximum atomic E-state index is 12.5. The van der Waals surface area contributed by atoms with Gasteiger partial charge in [0, 0.05) is 17.6 Å². The zero-order valence-electron chi connectivity index (χ0n) is 12.3. The summed E-state index contributed by atoms with van der Waals surface area (Å²) in [4.78, 5) is 14.2. The van der Waals surface area contributed by atoms with Crippen LogP contribution in [0.5, 0.6) is 5.75 Å². The Morgan fingerprint density at radius 2 is 1.90 bits per heavy atom. The van der Waals surface area contributed by atoms with Crippen LogP contribution in [0.3, 0.4) is 0 Å². The summed E-state index contributed by atoms with van der Waals surface area (Å²) in [6, 6.07) is 12.2. The number of amides is 1. The van der Waals surface area contributed by atoms with E-state index < -0.39 is 0 Å². The number of carbonyl (C=O) groups excluding carboxylic acids is 1. The van der Waals surface area contributed by atoms with Crippen LogP contribution < -0.4 is 0 Å². The molecule has 0 aliphatic rings. The molecule has 2 aromatic carbocycles. The zero-order valence-corrected chi connectivity index (χ0v) is 13.1. The Morgan fingerprint density at radius 3 is 2.52 bits per heavy atom. The lowest BCUT2D eigenvalue weighted by Crippen LogP contribution is -2.29. The smallest absolute Gasteiger partial charge is 0.254 e. The van der Waals surface area contributed by atoms with Crippen LogP contribution in [0.25, 0.3) is 0 Å². The van der Waals surface area contributed by atoms with Crippen LogP contribution in [0.4, 0.5) is 0 Å². The number of rotatable bonds is 3. The molecular weight excluding hydrogens is 286 g/mol. The van der Waals surface area contributed by atoms with Gasteiger partial charge in [0.1, 0.15) is 5.75 Å². The van der Waals surface area contributed by atoms with Gasteiger partial charge in [-0.05, 0) is 49.2 Å². The molecule has 1 amide bonds. The van der Waals surface area contributed by atoms with E-state index in [4.69, 9.17) is 11.6 Å². The van der Waals surface area contributed by atoms with E-state index in [1.165, 1.54) is 6.07 Å².